The van der Waals surface area contributed by atoms with E-state index in [1.807, 2.05) is 12.1 Å². The summed E-state index contributed by atoms with van der Waals surface area (Å²) in [6.07, 6.45) is 1.57. The van der Waals surface area contributed by atoms with Crippen molar-refractivity contribution in [2.75, 3.05) is 0 Å². The molecular weight excluding hydrogens is 244 g/mol. The second kappa shape index (κ2) is 3.28. The summed E-state index contributed by atoms with van der Waals surface area (Å²) in [5.74, 6) is 0. The number of hydrogen-bond donors (Lipinski definition) is 1. The average Bonchev–Trinajstić information content (AvgIpc) is 2.16. The van der Waals surface area contributed by atoms with E-state index < -0.39 is 0 Å². The number of pyridine rings is 1. The molecule has 0 radical (unpaired) electrons. The highest BCUT2D eigenvalue weighted by Crippen LogP contribution is 2.20. The number of nitrogens with one attached hydrogen (secondary N) is 1. The van der Waals surface area contributed by atoms with E-state index in [0.717, 1.165) is 9.86 Å². The third-order valence-electron chi connectivity index (χ3n) is 1.96. The van der Waals surface area contributed by atoms with E-state index in [0.29, 0.717) is 10.9 Å². The number of fused-ring (bicyclic) bond motifs is 1. The zero-order chi connectivity index (χ0) is 10.1. The number of rotatable bonds is 0. The molecule has 14 heavy (non-hydrogen) atoms. The Kier molecular flexibility index (Phi) is 2.10. The second-order valence-electron chi connectivity index (χ2n) is 2.84. The Bertz CT molecular complexity index is 595. The number of nitriles is 1. The molecule has 0 unspecified atom stereocenters. The number of halogens is 1. The van der Waals surface area contributed by atoms with Crippen LogP contribution < -0.4 is 5.56 Å². The highest BCUT2D eigenvalue weighted by atomic mass is 79.9. The van der Waals surface area contributed by atoms with Gasteiger partial charge < -0.3 is 4.98 Å². The monoisotopic (exact) mass is 248 g/mol. The average molecular weight is 249 g/mol. The summed E-state index contributed by atoms with van der Waals surface area (Å²) in [7, 11) is 0. The molecule has 0 bridgehead atoms. The molecule has 3 nitrogen and oxygen atoms in total. The summed E-state index contributed by atoms with van der Waals surface area (Å²) in [6.45, 7) is 0. The number of hydrogen-bond acceptors (Lipinski definition) is 2. The van der Waals surface area contributed by atoms with Gasteiger partial charge in [-0.15, -0.1) is 0 Å². The Morgan fingerprint density at radius 1 is 1.43 bits per heavy atom. The van der Waals surface area contributed by atoms with Crippen LogP contribution in [0.5, 0.6) is 0 Å². The van der Waals surface area contributed by atoms with E-state index in [1.165, 1.54) is 0 Å². The van der Waals surface area contributed by atoms with Gasteiger partial charge in [0, 0.05) is 10.7 Å². The minimum absolute atomic E-state index is 0.230. The van der Waals surface area contributed by atoms with E-state index >= 15 is 0 Å². The van der Waals surface area contributed by atoms with Crippen molar-refractivity contribution >= 4 is 26.7 Å². The highest BCUT2D eigenvalue weighted by Gasteiger charge is 2.05. The number of benzene rings is 1. The van der Waals surface area contributed by atoms with E-state index in [9.17, 15) is 4.79 Å². The topological polar surface area (TPSA) is 56.6 Å². The summed E-state index contributed by atoms with van der Waals surface area (Å²) < 4.78 is 0.798. The lowest BCUT2D eigenvalue weighted by Gasteiger charge is -1.99. The van der Waals surface area contributed by atoms with Gasteiger partial charge in [-0.05, 0) is 23.6 Å². The molecule has 0 saturated carbocycles. The molecular formula is C10H5BrN2O. The molecule has 4 heteroatoms. The van der Waals surface area contributed by atoms with Gasteiger partial charge in [-0.1, -0.05) is 15.9 Å². The SMILES string of the molecule is N#Cc1cc(Br)cc2cc[nH]c(=O)c12. The standard InChI is InChI=1S/C10H5BrN2O/c11-8-3-6-1-2-13-10(14)9(6)7(4-8)5-12/h1-4H,(H,13,14). The summed E-state index contributed by atoms with van der Waals surface area (Å²) in [4.78, 5) is 14.0. The Hall–Kier alpha value is -1.60. The third-order valence-corrected chi connectivity index (χ3v) is 2.42. The van der Waals surface area contributed by atoms with Crippen LogP contribution in [0.1, 0.15) is 5.56 Å². The summed E-state index contributed by atoms with van der Waals surface area (Å²) in [5, 5.41) is 10.1. The Labute approximate surface area is 88.1 Å². The van der Waals surface area contributed by atoms with Crippen LogP contribution in [0.15, 0.2) is 33.7 Å². The van der Waals surface area contributed by atoms with Crippen LogP contribution in [0.4, 0.5) is 0 Å². The molecule has 0 atom stereocenters. The van der Waals surface area contributed by atoms with E-state index in [-0.39, 0.29) is 5.56 Å². The summed E-state index contributed by atoms with van der Waals surface area (Å²) in [5.41, 5.74) is 0.155. The minimum atomic E-state index is -0.230. The van der Waals surface area contributed by atoms with Crippen LogP contribution >= 0.6 is 15.9 Å². The maximum absolute atomic E-state index is 11.4. The van der Waals surface area contributed by atoms with Gasteiger partial charge in [0.05, 0.1) is 10.9 Å². The maximum Gasteiger partial charge on any atom is 0.257 e. The summed E-state index contributed by atoms with van der Waals surface area (Å²) >= 11 is 3.29. The van der Waals surface area contributed by atoms with Crippen molar-refractivity contribution in [3.63, 3.8) is 0 Å². The quantitative estimate of drug-likeness (QED) is 0.777. The zero-order valence-electron chi connectivity index (χ0n) is 7.04. The molecule has 0 spiro atoms. The van der Waals surface area contributed by atoms with Gasteiger partial charge in [-0.2, -0.15) is 5.26 Å². The van der Waals surface area contributed by atoms with Gasteiger partial charge in [0.15, 0.2) is 0 Å². The van der Waals surface area contributed by atoms with E-state index in [2.05, 4.69) is 20.9 Å². The molecule has 1 aromatic heterocycles. The molecule has 1 aromatic carbocycles. The van der Waals surface area contributed by atoms with Crippen LogP contribution in [0, 0.1) is 11.3 Å². The number of nitrogens with zero attached hydrogens (tertiary/aromatic N) is 1. The Morgan fingerprint density at radius 3 is 2.93 bits per heavy atom. The van der Waals surface area contributed by atoms with Gasteiger partial charge in [-0.25, -0.2) is 0 Å². The lowest BCUT2D eigenvalue weighted by Crippen LogP contribution is -2.06. The van der Waals surface area contributed by atoms with Gasteiger partial charge in [0.25, 0.3) is 5.56 Å². The molecule has 1 N–H and O–H groups in total. The van der Waals surface area contributed by atoms with E-state index in [4.69, 9.17) is 5.26 Å². The van der Waals surface area contributed by atoms with Gasteiger partial charge in [-0.3, -0.25) is 4.79 Å². The van der Waals surface area contributed by atoms with E-state index in [1.54, 1.807) is 18.3 Å². The van der Waals surface area contributed by atoms with Crippen molar-refractivity contribution in [2.45, 2.75) is 0 Å². The second-order valence-corrected chi connectivity index (χ2v) is 3.75. The van der Waals surface area contributed by atoms with Crippen molar-refractivity contribution in [1.29, 1.82) is 5.26 Å². The predicted molar refractivity (Wildman–Crippen MR) is 57.0 cm³/mol. The molecule has 0 aliphatic carbocycles. The first-order valence-corrected chi connectivity index (χ1v) is 4.73. The van der Waals surface area contributed by atoms with Gasteiger partial charge in [0.1, 0.15) is 6.07 Å². The molecule has 0 fully saturated rings. The van der Waals surface area contributed by atoms with Crippen molar-refractivity contribution in [1.82, 2.24) is 4.98 Å². The number of H-pyrrole nitrogens is 1. The van der Waals surface area contributed by atoms with Gasteiger partial charge >= 0.3 is 0 Å². The lowest BCUT2D eigenvalue weighted by atomic mass is 10.1. The van der Waals surface area contributed by atoms with Crippen LogP contribution in [-0.4, -0.2) is 4.98 Å². The van der Waals surface area contributed by atoms with Crippen LogP contribution in [0.25, 0.3) is 10.8 Å². The smallest absolute Gasteiger partial charge is 0.257 e. The van der Waals surface area contributed by atoms with Crippen LogP contribution in [-0.2, 0) is 0 Å². The Balaban J connectivity index is 3.06. The fraction of sp³-hybridized carbons (Fsp3) is 0. The molecule has 0 aliphatic rings. The molecule has 2 rings (SSSR count). The molecule has 68 valence electrons. The molecule has 0 aliphatic heterocycles. The zero-order valence-corrected chi connectivity index (χ0v) is 8.63. The first kappa shape index (κ1) is 8.97. The van der Waals surface area contributed by atoms with Crippen molar-refractivity contribution in [3.8, 4) is 6.07 Å². The van der Waals surface area contributed by atoms with Crippen molar-refractivity contribution < 1.29 is 0 Å². The van der Waals surface area contributed by atoms with Gasteiger partial charge in [0.2, 0.25) is 0 Å². The number of aromatic amines is 1. The third kappa shape index (κ3) is 1.32. The first-order valence-electron chi connectivity index (χ1n) is 3.93. The fourth-order valence-electron chi connectivity index (χ4n) is 1.38. The largest absolute Gasteiger partial charge is 0.329 e. The van der Waals surface area contributed by atoms with Crippen molar-refractivity contribution in [3.05, 3.63) is 44.8 Å². The molecule has 0 saturated heterocycles. The minimum Gasteiger partial charge on any atom is -0.329 e. The highest BCUT2D eigenvalue weighted by molar-refractivity contribution is 9.10. The number of aromatic nitrogens is 1. The lowest BCUT2D eigenvalue weighted by molar-refractivity contribution is 1.27. The first-order chi connectivity index (χ1) is 6.72. The molecule has 2 aromatic rings. The fourth-order valence-corrected chi connectivity index (χ4v) is 1.86. The maximum atomic E-state index is 11.4. The predicted octanol–water partition coefficient (Wildman–Crippen LogP) is 2.16. The molecule has 0 amide bonds. The van der Waals surface area contributed by atoms with Crippen molar-refractivity contribution in [2.24, 2.45) is 0 Å². The Morgan fingerprint density at radius 2 is 2.21 bits per heavy atom. The van der Waals surface area contributed by atoms with Crippen LogP contribution in [0.2, 0.25) is 0 Å². The molecule has 1 heterocycles. The van der Waals surface area contributed by atoms with Crippen LogP contribution in [0.3, 0.4) is 0 Å². The normalized spacial score (nSPS) is 10.0. The summed E-state index contributed by atoms with van der Waals surface area (Å²) in [6, 6.07) is 7.22.